The quantitative estimate of drug-likeness (QED) is 0.923. The molecule has 3 heteroatoms. The van der Waals surface area contributed by atoms with Crippen LogP contribution in [0.25, 0.3) is 0 Å². The van der Waals surface area contributed by atoms with E-state index in [1.807, 2.05) is 18.2 Å². The molecular formula is C18H25N3. The van der Waals surface area contributed by atoms with E-state index in [2.05, 4.69) is 36.3 Å². The van der Waals surface area contributed by atoms with E-state index >= 15 is 0 Å². The first kappa shape index (κ1) is 14.6. The zero-order chi connectivity index (χ0) is 14.8. The van der Waals surface area contributed by atoms with E-state index in [0.717, 1.165) is 30.1 Å². The zero-order valence-corrected chi connectivity index (χ0v) is 13.0. The van der Waals surface area contributed by atoms with Crippen molar-refractivity contribution in [2.24, 2.45) is 5.92 Å². The molecule has 0 aliphatic carbocycles. The Balaban J connectivity index is 1.54. The van der Waals surface area contributed by atoms with Gasteiger partial charge in [-0.25, -0.2) is 0 Å². The number of benzene rings is 1. The van der Waals surface area contributed by atoms with Crippen LogP contribution < -0.4 is 5.32 Å². The minimum Gasteiger partial charge on any atom is -0.310 e. The number of fused-ring (bicyclic) bond motifs is 2. The summed E-state index contributed by atoms with van der Waals surface area (Å²) in [5.41, 5.74) is 1.96. The number of nitrogens with zero attached hydrogens (tertiary/aromatic N) is 2. The average molecular weight is 283 g/mol. The summed E-state index contributed by atoms with van der Waals surface area (Å²) in [5, 5.41) is 12.7. The third kappa shape index (κ3) is 3.12. The summed E-state index contributed by atoms with van der Waals surface area (Å²) < 4.78 is 0. The fraction of sp³-hybridized carbons (Fsp3) is 0.611. The monoisotopic (exact) mass is 283 g/mol. The molecule has 0 radical (unpaired) electrons. The molecule has 3 nitrogen and oxygen atoms in total. The molecule has 112 valence electrons. The van der Waals surface area contributed by atoms with Crippen molar-refractivity contribution >= 4 is 0 Å². The van der Waals surface area contributed by atoms with Crippen LogP contribution in [-0.2, 0) is 0 Å². The Hall–Kier alpha value is -1.37. The van der Waals surface area contributed by atoms with Crippen LogP contribution in [0.4, 0.5) is 0 Å². The third-order valence-electron chi connectivity index (χ3n) is 5.42. The van der Waals surface area contributed by atoms with Crippen LogP contribution in [0, 0.1) is 17.2 Å². The van der Waals surface area contributed by atoms with Gasteiger partial charge in [0.25, 0.3) is 0 Å². The topological polar surface area (TPSA) is 39.1 Å². The Morgan fingerprint density at radius 3 is 2.71 bits per heavy atom. The van der Waals surface area contributed by atoms with Crippen LogP contribution >= 0.6 is 0 Å². The molecule has 1 aromatic rings. The summed E-state index contributed by atoms with van der Waals surface area (Å²) in [4.78, 5) is 2.59. The van der Waals surface area contributed by atoms with Gasteiger partial charge in [0, 0.05) is 18.1 Å². The molecule has 2 aliphatic heterocycles. The lowest BCUT2D eigenvalue weighted by Crippen LogP contribution is -2.42. The molecule has 0 amide bonds. The second-order valence-electron chi connectivity index (χ2n) is 6.76. The predicted octanol–water partition coefficient (Wildman–Crippen LogP) is 3.08. The molecule has 0 aromatic heterocycles. The Bertz CT molecular complexity index is 520. The smallest absolute Gasteiger partial charge is 0.0991 e. The van der Waals surface area contributed by atoms with Crippen LogP contribution in [0.1, 0.15) is 49.8 Å². The van der Waals surface area contributed by atoms with Gasteiger partial charge in [-0.05, 0) is 69.8 Å². The SMILES string of the molecule is CC(NCC1CC2CCC(C1)N2C)c1cccc(C#N)c1. The van der Waals surface area contributed by atoms with Gasteiger partial charge in [0.15, 0.2) is 0 Å². The molecule has 0 spiro atoms. The number of rotatable bonds is 4. The lowest BCUT2D eigenvalue weighted by molar-refractivity contribution is 0.131. The second kappa shape index (κ2) is 6.17. The predicted molar refractivity (Wildman–Crippen MR) is 84.9 cm³/mol. The maximum atomic E-state index is 8.99. The van der Waals surface area contributed by atoms with Gasteiger partial charge in [-0.3, -0.25) is 0 Å². The molecule has 0 saturated carbocycles. The normalized spacial score (nSPS) is 30.0. The molecule has 3 rings (SSSR count). The Morgan fingerprint density at radius 2 is 2.05 bits per heavy atom. The van der Waals surface area contributed by atoms with Crippen LogP contribution in [0.3, 0.4) is 0 Å². The minimum absolute atomic E-state index is 0.315. The number of hydrogen-bond donors (Lipinski definition) is 1. The van der Waals surface area contributed by atoms with Crippen LogP contribution in [-0.4, -0.2) is 30.6 Å². The molecule has 2 saturated heterocycles. The molecule has 21 heavy (non-hydrogen) atoms. The standard InChI is InChI=1S/C18H25N3/c1-13(16-5-3-4-14(8-16)11-19)20-12-15-9-17-6-7-18(10-15)21(17)2/h3-5,8,13,15,17-18,20H,6-7,9-10,12H2,1-2H3. The summed E-state index contributed by atoms with van der Waals surface area (Å²) in [5.74, 6) is 0.806. The van der Waals surface area contributed by atoms with E-state index in [4.69, 9.17) is 5.26 Å². The lowest BCUT2D eigenvalue weighted by atomic mass is 9.90. The maximum absolute atomic E-state index is 8.99. The summed E-state index contributed by atoms with van der Waals surface area (Å²) in [6.45, 7) is 3.29. The summed E-state index contributed by atoms with van der Waals surface area (Å²) in [6.07, 6.45) is 5.45. The van der Waals surface area contributed by atoms with Crippen molar-refractivity contribution < 1.29 is 0 Å². The molecule has 2 bridgehead atoms. The van der Waals surface area contributed by atoms with Crippen LogP contribution in [0.5, 0.6) is 0 Å². The van der Waals surface area contributed by atoms with Gasteiger partial charge < -0.3 is 10.2 Å². The highest BCUT2D eigenvalue weighted by molar-refractivity contribution is 5.34. The average Bonchev–Trinajstić information content (AvgIpc) is 2.74. The first-order valence-electron chi connectivity index (χ1n) is 8.12. The Morgan fingerprint density at radius 1 is 1.33 bits per heavy atom. The van der Waals surface area contributed by atoms with E-state index < -0.39 is 0 Å². The van der Waals surface area contributed by atoms with Crippen molar-refractivity contribution in [3.05, 3.63) is 35.4 Å². The van der Waals surface area contributed by atoms with Gasteiger partial charge in [-0.1, -0.05) is 12.1 Å². The highest BCUT2D eigenvalue weighted by atomic mass is 15.2. The third-order valence-corrected chi connectivity index (χ3v) is 5.42. The van der Waals surface area contributed by atoms with E-state index in [1.165, 1.54) is 31.2 Å². The summed E-state index contributed by atoms with van der Waals surface area (Å²) in [6, 6.07) is 12.1. The highest BCUT2D eigenvalue weighted by Crippen LogP contribution is 2.37. The van der Waals surface area contributed by atoms with E-state index in [-0.39, 0.29) is 0 Å². The second-order valence-corrected chi connectivity index (χ2v) is 6.76. The molecule has 1 N–H and O–H groups in total. The Labute approximate surface area is 128 Å². The highest BCUT2D eigenvalue weighted by Gasteiger charge is 2.38. The van der Waals surface area contributed by atoms with Crippen molar-refractivity contribution in [2.45, 2.75) is 50.7 Å². The molecular weight excluding hydrogens is 258 g/mol. The first-order valence-corrected chi connectivity index (χ1v) is 8.12. The number of hydrogen-bond acceptors (Lipinski definition) is 3. The van der Waals surface area contributed by atoms with Crippen molar-refractivity contribution in [1.82, 2.24) is 10.2 Å². The molecule has 3 unspecified atom stereocenters. The fourth-order valence-electron chi connectivity index (χ4n) is 4.03. The fourth-order valence-corrected chi connectivity index (χ4v) is 4.03. The number of piperidine rings is 1. The summed E-state index contributed by atoms with van der Waals surface area (Å²) in [7, 11) is 2.29. The van der Waals surface area contributed by atoms with E-state index in [1.54, 1.807) is 0 Å². The lowest BCUT2D eigenvalue weighted by Gasteiger charge is -2.36. The molecule has 3 atom stereocenters. The zero-order valence-electron chi connectivity index (χ0n) is 13.0. The van der Waals surface area contributed by atoms with Gasteiger partial charge >= 0.3 is 0 Å². The van der Waals surface area contributed by atoms with Gasteiger partial charge in [-0.2, -0.15) is 5.26 Å². The molecule has 2 fully saturated rings. The van der Waals surface area contributed by atoms with Crippen molar-refractivity contribution in [3.8, 4) is 6.07 Å². The van der Waals surface area contributed by atoms with Crippen LogP contribution in [0.2, 0.25) is 0 Å². The molecule has 1 aromatic carbocycles. The number of nitrogens with one attached hydrogen (secondary N) is 1. The summed E-state index contributed by atoms with van der Waals surface area (Å²) >= 11 is 0. The van der Waals surface area contributed by atoms with Gasteiger partial charge in [0.05, 0.1) is 11.6 Å². The largest absolute Gasteiger partial charge is 0.310 e. The van der Waals surface area contributed by atoms with Gasteiger partial charge in [0.2, 0.25) is 0 Å². The minimum atomic E-state index is 0.315. The Kier molecular flexibility index (Phi) is 4.28. The molecule has 2 aliphatic rings. The van der Waals surface area contributed by atoms with Gasteiger partial charge in [-0.15, -0.1) is 0 Å². The van der Waals surface area contributed by atoms with Crippen molar-refractivity contribution in [3.63, 3.8) is 0 Å². The first-order chi connectivity index (χ1) is 10.2. The van der Waals surface area contributed by atoms with Crippen LogP contribution in [0.15, 0.2) is 24.3 Å². The van der Waals surface area contributed by atoms with Crippen molar-refractivity contribution in [2.75, 3.05) is 13.6 Å². The van der Waals surface area contributed by atoms with Gasteiger partial charge in [0.1, 0.15) is 0 Å². The molecule has 2 heterocycles. The van der Waals surface area contributed by atoms with E-state index in [0.29, 0.717) is 6.04 Å². The maximum Gasteiger partial charge on any atom is 0.0991 e. The van der Waals surface area contributed by atoms with E-state index in [9.17, 15) is 0 Å². The number of nitriles is 1. The van der Waals surface area contributed by atoms with Crippen molar-refractivity contribution in [1.29, 1.82) is 5.26 Å².